The molecule has 1 radical (unpaired) electrons. The second-order valence-electron chi connectivity index (χ2n) is 1.44. The van der Waals surface area contributed by atoms with E-state index in [1.807, 2.05) is 0 Å². The minimum atomic E-state index is 0.532. The normalized spacial score (nSPS) is 23.5. The Labute approximate surface area is 37.5 Å². The number of hydrogen-bond acceptors (Lipinski definition) is 2. The fourth-order valence-corrected chi connectivity index (χ4v) is 0.354. The van der Waals surface area contributed by atoms with Gasteiger partial charge in [-0.1, -0.05) is 0 Å². The van der Waals surface area contributed by atoms with Crippen LogP contribution in [0.2, 0.25) is 0 Å². The molecular weight excluding hydrogens is 78.0 g/mol. The van der Waals surface area contributed by atoms with Crippen molar-refractivity contribution in [1.82, 2.24) is 5.32 Å². The average Bonchev–Trinajstić information content (AvgIpc) is 1.31. The topological polar surface area (TPSA) is 21.3 Å². The van der Waals surface area contributed by atoms with Gasteiger partial charge in [0.15, 0.2) is 0 Å². The third-order valence-corrected chi connectivity index (χ3v) is 0.927. The summed E-state index contributed by atoms with van der Waals surface area (Å²) in [5, 5.41) is 2.83. The van der Waals surface area contributed by atoms with Crippen LogP contribution in [0.3, 0.4) is 0 Å². The van der Waals surface area contributed by atoms with Crippen molar-refractivity contribution < 1.29 is 4.74 Å². The lowest BCUT2D eigenvalue weighted by Gasteiger charge is -2.24. The van der Waals surface area contributed by atoms with E-state index in [-0.39, 0.29) is 0 Å². The maximum atomic E-state index is 4.82. The summed E-state index contributed by atoms with van der Waals surface area (Å²) in [6.07, 6.45) is 0. The summed E-state index contributed by atoms with van der Waals surface area (Å²) in [5.41, 5.74) is 0. The summed E-state index contributed by atoms with van der Waals surface area (Å²) in [6.45, 7) is 1.67. The van der Waals surface area contributed by atoms with E-state index >= 15 is 0 Å². The van der Waals surface area contributed by atoms with E-state index in [9.17, 15) is 0 Å². The first-order valence-corrected chi connectivity index (χ1v) is 2.04. The largest absolute Gasteiger partial charge is 0.378 e. The van der Waals surface area contributed by atoms with Crippen molar-refractivity contribution in [1.29, 1.82) is 0 Å². The second kappa shape index (κ2) is 1.58. The molecule has 1 aliphatic heterocycles. The second-order valence-corrected chi connectivity index (χ2v) is 1.44. The highest BCUT2D eigenvalue weighted by atomic mass is 16.5. The van der Waals surface area contributed by atoms with Crippen molar-refractivity contribution >= 4 is 0 Å². The number of nitrogens with one attached hydrogen (secondary N) is 1. The Morgan fingerprint density at radius 1 is 1.67 bits per heavy atom. The maximum Gasteiger partial charge on any atom is 0.0643 e. The average molecular weight is 86.1 g/mol. The number of rotatable bonds is 1. The zero-order valence-corrected chi connectivity index (χ0v) is 3.61. The number of hydrogen-bond donors (Lipinski definition) is 1. The van der Waals surface area contributed by atoms with Gasteiger partial charge in [0.2, 0.25) is 0 Å². The molecule has 1 aliphatic rings. The van der Waals surface area contributed by atoms with Crippen molar-refractivity contribution in [2.75, 3.05) is 13.2 Å². The molecule has 2 nitrogen and oxygen atoms in total. The highest BCUT2D eigenvalue weighted by Gasteiger charge is 2.14. The van der Waals surface area contributed by atoms with Gasteiger partial charge in [0.1, 0.15) is 0 Å². The predicted octanol–water partition coefficient (Wildman–Crippen LogP) is -0.234. The molecule has 0 unspecified atom stereocenters. The Bertz CT molecular complexity index is 40.1. The van der Waals surface area contributed by atoms with Gasteiger partial charge in [0, 0.05) is 7.05 Å². The van der Waals surface area contributed by atoms with Gasteiger partial charge in [-0.05, 0) is 0 Å². The molecule has 0 aromatic carbocycles. The molecule has 0 bridgehead atoms. The van der Waals surface area contributed by atoms with E-state index in [2.05, 4.69) is 12.4 Å². The lowest BCUT2D eigenvalue weighted by molar-refractivity contribution is 0.000390. The Morgan fingerprint density at radius 2 is 2.33 bits per heavy atom. The van der Waals surface area contributed by atoms with Crippen molar-refractivity contribution in [3.8, 4) is 0 Å². The highest BCUT2D eigenvalue weighted by Crippen LogP contribution is 1.96. The molecule has 6 heavy (non-hydrogen) atoms. The van der Waals surface area contributed by atoms with E-state index in [0.717, 1.165) is 13.2 Å². The van der Waals surface area contributed by atoms with Gasteiger partial charge < -0.3 is 10.1 Å². The van der Waals surface area contributed by atoms with E-state index in [0.29, 0.717) is 6.04 Å². The van der Waals surface area contributed by atoms with Crippen LogP contribution in [0.1, 0.15) is 0 Å². The van der Waals surface area contributed by atoms with Gasteiger partial charge >= 0.3 is 0 Å². The van der Waals surface area contributed by atoms with Gasteiger partial charge in [-0.3, -0.25) is 0 Å². The van der Waals surface area contributed by atoms with E-state index < -0.39 is 0 Å². The van der Waals surface area contributed by atoms with Crippen LogP contribution in [0.4, 0.5) is 0 Å². The van der Waals surface area contributed by atoms with Crippen molar-refractivity contribution in [3.63, 3.8) is 0 Å². The van der Waals surface area contributed by atoms with Crippen LogP contribution >= 0.6 is 0 Å². The molecule has 1 saturated heterocycles. The molecule has 0 aromatic heterocycles. The molecule has 0 saturated carbocycles. The Hall–Kier alpha value is -0.0800. The lowest BCUT2D eigenvalue weighted by Crippen LogP contribution is -2.42. The molecule has 0 spiro atoms. The summed E-state index contributed by atoms with van der Waals surface area (Å²) in [5.74, 6) is 0. The molecule has 1 N–H and O–H groups in total. The van der Waals surface area contributed by atoms with Gasteiger partial charge in [-0.2, -0.15) is 0 Å². The molecule has 1 heterocycles. The van der Waals surface area contributed by atoms with Gasteiger partial charge in [-0.15, -0.1) is 0 Å². The minimum Gasteiger partial charge on any atom is -0.378 e. The summed E-state index contributed by atoms with van der Waals surface area (Å²) >= 11 is 0. The van der Waals surface area contributed by atoms with Gasteiger partial charge in [-0.25, -0.2) is 0 Å². The van der Waals surface area contributed by atoms with Crippen LogP contribution in [0.25, 0.3) is 0 Å². The molecule has 0 aromatic rings. The Kier molecular flexibility index (Phi) is 1.08. The van der Waals surface area contributed by atoms with Crippen LogP contribution in [-0.2, 0) is 4.74 Å². The zero-order chi connectivity index (χ0) is 4.41. The summed E-state index contributed by atoms with van der Waals surface area (Å²) in [7, 11) is 3.48. The van der Waals surface area contributed by atoms with Crippen molar-refractivity contribution in [2.45, 2.75) is 6.04 Å². The van der Waals surface area contributed by atoms with Crippen LogP contribution in [0.15, 0.2) is 0 Å². The van der Waals surface area contributed by atoms with Gasteiger partial charge in [0.25, 0.3) is 0 Å². The predicted molar refractivity (Wildman–Crippen MR) is 23.1 cm³/mol. The van der Waals surface area contributed by atoms with E-state index in [1.54, 1.807) is 0 Å². The van der Waals surface area contributed by atoms with E-state index in [1.165, 1.54) is 0 Å². The van der Waals surface area contributed by atoms with Crippen LogP contribution in [-0.4, -0.2) is 19.3 Å². The maximum absolute atomic E-state index is 4.82. The van der Waals surface area contributed by atoms with Crippen LogP contribution in [0.5, 0.6) is 0 Å². The molecular formula is C4H8NO. The molecule has 35 valence electrons. The molecule has 1 fully saturated rings. The number of ether oxygens (including phenoxy) is 1. The van der Waals surface area contributed by atoms with Crippen molar-refractivity contribution in [2.24, 2.45) is 0 Å². The molecule has 0 atom stereocenters. The summed E-state index contributed by atoms with van der Waals surface area (Å²) in [6, 6.07) is 0.532. The quantitative estimate of drug-likeness (QED) is 0.476. The molecule has 2 heteroatoms. The van der Waals surface area contributed by atoms with Crippen molar-refractivity contribution in [3.05, 3.63) is 7.05 Å². The summed E-state index contributed by atoms with van der Waals surface area (Å²) < 4.78 is 4.82. The van der Waals surface area contributed by atoms with Gasteiger partial charge in [0.05, 0.1) is 19.3 Å². The fourth-order valence-electron chi connectivity index (χ4n) is 0.354. The summed E-state index contributed by atoms with van der Waals surface area (Å²) in [4.78, 5) is 0. The Balaban J connectivity index is 2.01. The first-order chi connectivity index (χ1) is 2.93. The SMILES string of the molecule is [CH2]NC1COC1. The molecule has 0 aliphatic carbocycles. The molecule has 0 amide bonds. The third-order valence-electron chi connectivity index (χ3n) is 0.927. The van der Waals surface area contributed by atoms with Crippen LogP contribution < -0.4 is 5.32 Å². The third kappa shape index (κ3) is 0.533. The van der Waals surface area contributed by atoms with E-state index in [4.69, 9.17) is 4.74 Å². The highest BCUT2D eigenvalue weighted by molar-refractivity contribution is 4.71. The monoisotopic (exact) mass is 86.1 g/mol. The van der Waals surface area contributed by atoms with Crippen LogP contribution in [0, 0.1) is 7.05 Å². The first kappa shape index (κ1) is 4.09. The fraction of sp³-hybridized carbons (Fsp3) is 0.750. The minimum absolute atomic E-state index is 0.532. The first-order valence-electron chi connectivity index (χ1n) is 2.04. The standard InChI is InChI=1S/C4H8NO/c1-5-4-2-6-3-4/h4-5H,1-3H2. The lowest BCUT2D eigenvalue weighted by atomic mass is 10.3. The molecule has 1 rings (SSSR count). The smallest absolute Gasteiger partial charge is 0.0643 e. The Morgan fingerprint density at radius 3 is 2.33 bits per heavy atom. The zero-order valence-electron chi connectivity index (χ0n) is 3.61.